The first-order valence-corrected chi connectivity index (χ1v) is 12.9. The summed E-state index contributed by atoms with van der Waals surface area (Å²) in [5, 5.41) is 9.75. The van der Waals surface area contributed by atoms with Crippen LogP contribution in [-0.2, 0) is 27.6 Å². The van der Waals surface area contributed by atoms with Gasteiger partial charge >= 0.3 is 5.97 Å². The summed E-state index contributed by atoms with van der Waals surface area (Å²) >= 11 is 0. The van der Waals surface area contributed by atoms with E-state index in [0.29, 0.717) is 31.9 Å². The van der Waals surface area contributed by atoms with Crippen molar-refractivity contribution in [3.63, 3.8) is 0 Å². The Morgan fingerprint density at radius 2 is 2.00 bits per heavy atom. The van der Waals surface area contributed by atoms with Crippen LogP contribution in [0.5, 0.6) is 5.75 Å². The summed E-state index contributed by atoms with van der Waals surface area (Å²) in [4.78, 5) is 16.3. The summed E-state index contributed by atoms with van der Waals surface area (Å²) in [6, 6.07) is 5.76. The lowest BCUT2D eigenvalue weighted by Crippen LogP contribution is -2.42. The molecule has 9 heteroatoms. The number of benzene rings is 1. The number of carboxylic acid groups (broad SMARTS) is 1. The molecule has 1 aromatic carbocycles. The molecule has 1 atom stereocenters. The van der Waals surface area contributed by atoms with E-state index in [2.05, 4.69) is 4.98 Å². The minimum atomic E-state index is -3.99. The standard InChI is InChI=1S/C24H30N2O6S/c1-3-19-12-18-5-4-16(2)26(22(18)14-25-19)33(29,30)20-6-7-23(21(13-20)24(27)28)32-15-17-8-10-31-11-9-17/h6-7,12-14,16-17H,3-5,8-11,15H2,1-2H3,(H,27,28). The van der Waals surface area contributed by atoms with Crippen LogP contribution >= 0.6 is 0 Å². The fourth-order valence-corrected chi connectivity index (χ4v) is 6.15. The van der Waals surface area contributed by atoms with Crippen molar-refractivity contribution in [3.8, 4) is 5.75 Å². The smallest absolute Gasteiger partial charge is 0.339 e. The lowest BCUT2D eigenvalue weighted by molar-refractivity contribution is 0.0490. The largest absolute Gasteiger partial charge is 0.492 e. The topological polar surface area (TPSA) is 106 Å². The number of carbonyl (C=O) groups is 1. The maximum atomic E-state index is 13.7. The third-order valence-electron chi connectivity index (χ3n) is 6.41. The first-order chi connectivity index (χ1) is 15.8. The fraction of sp³-hybridized carbons (Fsp3) is 0.500. The van der Waals surface area contributed by atoms with Gasteiger partial charge in [-0.1, -0.05) is 6.92 Å². The number of anilines is 1. The molecule has 3 heterocycles. The number of aryl methyl sites for hydroxylation is 2. The number of hydrogen-bond acceptors (Lipinski definition) is 6. The SMILES string of the molecule is CCc1cc2c(cn1)N(S(=O)(=O)c1ccc(OCC3CCOCC3)c(C(=O)O)c1)C(C)CC2. The number of hydrogen-bond donors (Lipinski definition) is 1. The van der Waals surface area contributed by atoms with Crippen LogP contribution in [0.3, 0.4) is 0 Å². The highest BCUT2D eigenvalue weighted by Crippen LogP contribution is 2.36. The summed E-state index contributed by atoms with van der Waals surface area (Å²) in [6.07, 6.45) is 5.55. The lowest BCUT2D eigenvalue weighted by Gasteiger charge is -2.36. The molecule has 1 N–H and O–H groups in total. The van der Waals surface area contributed by atoms with Crippen molar-refractivity contribution < 1.29 is 27.8 Å². The molecule has 8 nitrogen and oxygen atoms in total. The number of carboxylic acids is 1. The number of aromatic nitrogens is 1. The lowest BCUT2D eigenvalue weighted by atomic mass is 9.99. The van der Waals surface area contributed by atoms with Crippen molar-refractivity contribution in [1.29, 1.82) is 0 Å². The van der Waals surface area contributed by atoms with Gasteiger partial charge < -0.3 is 14.6 Å². The van der Waals surface area contributed by atoms with E-state index in [0.717, 1.165) is 36.9 Å². The van der Waals surface area contributed by atoms with E-state index in [1.165, 1.54) is 22.5 Å². The first kappa shape index (κ1) is 23.5. The van der Waals surface area contributed by atoms with Crippen LogP contribution in [0.2, 0.25) is 0 Å². The van der Waals surface area contributed by atoms with Gasteiger partial charge in [0.2, 0.25) is 0 Å². The second kappa shape index (κ2) is 9.69. The number of sulfonamides is 1. The first-order valence-electron chi connectivity index (χ1n) is 11.4. The minimum Gasteiger partial charge on any atom is -0.492 e. The Hall–Kier alpha value is -2.65. The number of nitrogens with zero attached hydrogens (tertiary/aromatic N) is 2. The van der Waals surface area contributed by atoms with Gasteiger partial charge in [-0.05, 0) is 74.8 Å². The summed E-state index contributed by atoms with van der Waals surface area (Å²) in [5.74, 6) is -0.764. The van der Waals surface area contributed by atoms with Gasteiger partial charge in [0.1, 0.15) is 11.3 Å². The summed E-state index contributed by atoms with van der Waals surface area (Å²) in [5.41, 5.74) is 2.26. The van der Waals surface area contributed by atoms with E-state index in [-0.39, 0.29) is 28.2 Å². The maximum Gasteiger partial charge on any atom is 0.339 e. The van der Waals surface area contributed by atoms with Crippen LogP contribution in [0.4, 0.5) is 5.69 Å². The van der Waals surface area contributed by atoms with Gasteiger partial charge in [-0.3, -0.25) is 9.29 Å². The van der Waals surface area contributed by atoms with Crippen LogP contribution in [0.1, 0.15) is 54.7 Å². The van der Waals surface area contributed by atoms with Gasteiger partial charge in [0.15, 0.2) is 0 Å². The van der Waals surface area contributed by atoms with E-state index >= 15 is 0 Å². The van der Waals surface area contributed by atoms with E-state index in [4.69, 9.17) is 9.47 Å². The van der Waals surface area contributed by atoms with Crippen molar-refractivity contribution in [2.75, 3.05) is 24.1 Å². The molecule has 2 aliphatic heterocycles. The molecule has 2 aromatic rings. The van der Waals surface area contributed by atoms with Crippen molar-refractivity contribution in [2.24, 2.45) is 5.92 Å². The predicted octanol–water partition coefficient (Wildman–Crippen LogP) is 3.68. The van der Waals surface area contributed by atoms with Crippen LogP contribution < -0.4 is 9.04 Å². The number of rotatable bonds is 7. The van der Waals surface area contributed by atoms with E-state index in [1.54, 1.807) is 6.20 Å². The van der Waals surface area contributed by atoms with E-state index in [9.17, 15) is 18.3 Å². The van der Waals surface area contributed by atoms with Crippen molar-refractivity contribution in [2.45, 2.75) is 56.9 Å². The van der Waals surface area contributed by atoms with E-state index in [1.807, 2.05) is 19.9 Å². The molecule has 2 aliphatic rings. The highest BCUT2D eigenvalue weighted by atomic mass is 32.2. The second-order valence-electron chi connectivity index (χ2n) is 8.68. The van der Waals surface area contributed by atoms with E-state index < -0.39 is 16.0 Å². The van der Waals surface area contributed by atoms with Crippen molar-refractivity contribution in [3.05, 3.63) is 47.3 Å². The minimum absolute atomic E-state index is 0.0717. The molecule has 1 unspecified atom stereocenters. The molecule has 0 bridgehead atoms. The molecule has 1 aromatic heterocycles. The average Bonchev–Trinajstić information content (AvgIpc) is 2.82. The molecule has 0 radical (unpaired) electrons. The number of fused-ring (bicyclic) bond motifs is 1. The summed E-state index contributed by atoms with van der Waals surface area (Å²) in [7, 11) is -3.99. The van der Waals surface area contributed by atoms with Crippen LogP contribution in [0, 0.1) is 5.92 Å². The molecule has 1 fully saturated rings. The zero-order valence-electron chi connectivity index (χ0n) is 19.0. The highest BCUT2D eigenvalue weighted by molar-refractivity contribution is 7.92. The Morgan fingerprint density at radius 1 is 1.24 bits per heavy atom. The second-order valence-corrected chi connectivity index (χ2v) is 10.5. The number of aromatic carboxylic acids is 1. The molecular formula is C24H30N2O6S. The Morgan fingerprint density at radius 3 is 2.70 bits per heavy atom. The molecule has 178 valence electrons. The zero-order chi connectivity index (χ0) is 23.6. The van der Waals surface area contributed by atoms with Gasteiger partial charge in [0.05, 0.1) is 23.4 Å². The van der Waals surface area contributed by atoms with Gasteiger partial charge in [-0.2, -0.15) is 0 Å². The third-order valence-corrected chi connectivity index (χ3v) is 8.33. The van der Waals surface area contributed by atoms with Gasteiger partial charge in [-0.15, -0.1) is 0 Å². The normalized spacial score (nSPS) is 19.2. The quantitative estimate of drug-likeness (QED) is 0.652. The zero-order valence-corrected chi connectivity index (χ0v) is 19.8. The Kier molecular flexibility index (Phi) is 6.90. The maximum absolute atomic E-state index is 13.7. The molecular weight excluding hydrogens is 444 g/mol. The van der Waals surface area contributed by atoms with Gasteiger partial charge in [0, 0.05) is 24.9 Å². The Balaban J connectivity index is 1.65. The average molecular weight is 475 g/mol. The molecule has 33 heavy (non-hydrogen) atoms. The summed E-state index contributed by atoms with van der Waals surface area (Å²) in [6.45, 7) is 5.57. The number of pyridine rings is 1. The number of ether oxygens (including phenoxy) is 2. The highest BCUT2D eigenvalue weighted by Gasteiger charge is 2.35. The molecule has 1 saturated heterocycles. The Labute approximate surface area is 194 Å². The van der Waals surface area contributed by atoms with Crippen molar-refractivity contribution >= 4 is 21.7 Å². The van der Waals surface area contributed by atoms with Gasteiger partial charge in [0.25, 0.3) is 10.0 Å². The van der Waals surface area contributed by atoms with Crippen molar-refractivity contribution in [1.82, 2.24) is 4.98 Å². The van der Waals surface area contributed by atoms with Crippen LogP contribution in [-0.4, -0.2) is 50.3 Å². The molecule has 0 spiro atoms. The Bertz CT molecular complexity index is 1130. The van der Waals surface area contributed by atoms with Crippen LogP contribution in [0.25, 0.3) is 0 Å². The van der Waals surface area contributed by atoms with Crippen LogP contribution in [0.15, 0.2) is 35.4 Å². The predicted molar refractivity (Wildman–Crippen MR) is 124 cm³/mol. The molecule has 0 aliphatic carbocycles. The molecule has 0 saturated carbocycles. The fourth-order valence-electron chi connectivity index (χ4n) is 4.41. The third kappa shape index (κ3) is 4.84. The van der Waals surface area contributed by atoms with Gasteiger partial charge in [-0.25, -0.2) is 13.2 Å². The summed E-state index contributed by atoms with van der Waals surface area (Å²) < 4.78 is 39.8. The monoisotopic (exact) mass is 474 g/mol. The molecule has 4 rings (SSSR count). The molecule has 0 amide bonds.